The minimum atomic E-state index is -0.139. The summed E-state index contributed by atoms with van der Waals surface area (Å²) in [7, 11) is 0. The van der Waals surface area contributed by atoms with Crippen LogP contribution >= 0.6 is 0 Å². The highest BCUT2D eigenvalue weighted by molar-refractivity contribution is 5.79. The highest BCUT2D eigenvalue weighted by Crippen LogP contribution is 2.65. The van der Waals surface area contributed by atoms with E-state index in [-0.39, 0.29) is 23.4 Å². The Kier molecular flexibility index (Phi) is 4.36. The molecule has 3 fully saturated rings. The number of hydrogen-bond acceptors (Lipinski definition) is 3. The Labute approximate surface area is 157 Å². The van der Waals surface area contributed by atoms with Crippen LogP contribution in [0.15, 0.2) is 11.6 Å². The molecular formula is C23H34O3. The molecule has 0 bridgehead atoms. The number of ether oxygens (including phenoxy) is 1. The van der Waals surface area contributed by atoms with E-state index in [0.29, 0.717) is 29.0 Å². The fourth-order valence-electron chi connectivity index (χ4n) is 7.48. The summed E-state index contributed by atoms with van der Waals surface area (Å²) in [6, 6.07) is 0. The number of rotatable bonds is 2. The van der Waals surface area contributed by atoms with Crippen molar-refractivity contribution in [2.45, 2.75) is 85.2 Å². The molecular weight excluding hydrogens is 324 g/mol. The molecule has 0 aliphatic heterocycles. The smallest absolute Gasteiger partial charge is 0.302 e. The second-order valence-electron chi connectivity index (χ2n) is 10.0. The standard InChI is InChI=1S/C23H34O3/c1-14(24)19-7-8-20-18-6-5-16-13-17(26-15(2)25)9-11-22(16,3)21(18)10-12-23(19,20)4/h6,16-17,19-21H,5,7-13H2,1-4H3/t16-,17-,19+,20-,21-,22-,23+/m0/s1. The van der Waals surface area contributed by atoms with Gasteiger partial charge in [-0.1, -0.05) is 25.5 Å². The maximum absolute atomic E-state index is 12.2. The van der Waals surface area contributed by atoms with Crippen molar-refractivity contribution < 1.29 is 14.3 Å². The lowest BCUT2D eigenvalue weighted by Crippen LogP contribution is -2.50. The number of fused-ring (bicyclic) bond motifs is 5. The molecule has 3 saturated carbocycles. The maximum atomic E-state index is 12.2. The van der Waals surface area contributed by atoms with Crippen molar-refractivity contribution in [2.24, 2.45) is 34.5 Å². The summed E-state index contributed by atoms with van der Waals surface area (Å²) in [5.74, 6) is 2.43. The average molecular weight is 359 g/mol. The van der Waals surface area contributed by atoms with Crippen LogP contribution in [0.4, 0.5) is 0 Å². The minimum absolute atomic E-state index is 0.114. The van der Waals surface area contributed by atoms with E-state index in [1.807, 2.05) is 0 Å². The summed E-state index contributed by atoms with van der Waals surface area (Å²) in [5, 5.41) is 0. The van der Waals surface area contributed by atoms with Crippen molar-refractivity contribution in [3.63, 3.8) is 0 Å². The molecule has 4 aliphatic rings. The van der Waals surface area contributed by atoms with Crippen LogP contribution in [-0.4, -0.2) is 17.9 Å². The van der Waals surface area contributed by atoms with E-state index < -0.39 is 0 Å². The fraction of sp³-hybridized carbons (Fsp3) is 0.826. The molecule has 3 heteroatoms. The molecule has 0 aromatic heterocycles. The summed E-state index contributed by atoms with van der Waals surface area (Å²) in [6.45, 7) is 8.21. The third-order valence-electron chi connectivity index (χ3n) is 8.86. The maximum Gasteiger partial charge on any atom is 0.302 e. The average Bonchev–Trinajstić information content (AvgIpc) is 2.92. The fourth-order valence-corrected chi connectivity index (χ4v) is 7.48. The van der Waals surface area contributed by atoms with E-state index in [1.54, 1.807) is 12.5 Å². The van der Waals surface area contributed by atoms with E-state index in [4.69, 9.17) is 4.74 Å². The molecule has 0 unspecified atom stereocenters. The first-order valence-corrected chi connectivity index (χ1v) is 10.6. The van der Waals surface area contributed by atoms with Gasteiger partial charge in [0, 0.05) is 12.8 Å². The summed E-state index contributed by atoms with van der Waals surface area (Å²) in [5.41, 5.74) is 2.22. The summed E-state index contributed by atoms with van der Waals surface area (Å²) in [4.78, 5) is 23.6. The molecule has 0 amide bonds. The van der Waals surface area contributed by atoms with Crippen LogP contribution in [0.25, 0.3) is 0 Å². The van der Waals surface area contributed by atoms with Crippen LogP contribution < -0.4 is 0 Å². The summed E-state index contributed by atoms with van der Waals surface area (Å²) >= 11 is 0. The van der Waals surface area contributed by atoms with Crippen LogP contribution in [0.5, 0.6) is 0 Å². The van der Waals surface area contributed by atoms with Crippen molar-refractivity contribution in [1.29, 1.82) is 0 Å². The molecule has 7 atom stereocenters. The third kappa shape index (κ3) is 2.60. The Bertz CT molecular complexity index is 650. The number of ketones is 1. The van der Waals surface area contributed by atoms with Gasteiger partial charge in [0.05, 0.1) is 0 Å². The SMILES string of the molecule is CC(=O)O[C@H]1CC[C@@]2(C)[C@@H](CC=C3[C@@H]2CC[C@]2(C)[C@@H](C(C)=O)CC[C@@H]32)C1. The lowest BCUT2D eigenvalue weighted by atomic mass is 9.48. The topological polar surface area (TPSA) is 43.4 Å². The molecule has 0 radical (unpaired) electrons. The third-order valence-corrected chi connectivity index (χ3v) is 8.86. The van der Waals surface area contributed by atoms with E-state index in [1.165, 1.54) is 26.2 Å². The van der Waals surface area contributed by atoms with Crippen LogP contribution in [0.3, 0.4) is 0 Å². The molecule has 0 N–H and O–H groups in total. The van der Waals surface area contributed by atoms with E-state index >= 15 is 0 Å². The van der Waals surface area contributed by atoms with E-state index in [2.05, 4.69) is 19.9 Å². The molecule has 4 aliphatic carbocycles. The van der Waals surface area contributed by atoms with Crippen LogP contribution in [0.1, 0.15) is 79.1 Å². The zero-order valence-electron chi connectivity index (χ0n) is 16.8. The number of carbonyl (C=O) groups excluding carboxylic acids is 2. The monoisotopic (exact) mass is 358 g/mol. The number of Topliss-reactive ketones (excluding diaryl/α,β-unsaturated/α-hetero) is 1. The predicted octanol–water partition coefficient (Wildman–Crippen LogP) is 5.09. The number of hydrogen-bond donors (Lipinski definition) is 0. The van der Waals surface area contributed by atoms with Crippen molar-refractivity contribution in [3.05, 3.63) is 11.6 Å². The van der Waals surface area contributed by atoms with E-state index in [9.17, 15) is 9.59 Å². The van der Waals surface area contributed by atoms with Crippen molar-refractivity contribution in [1.82, 2.24) is 0 Å². The normalized spacial score (nSPS) is 47.2. The number of allylic oxidation sites excluding steroid dienone is 2. The van der Waals surface area contributed by atoms with Crippen molar-refractivity contribution >= 4 is 11.8 Å². The van der Waals surface area contributed by atoms with Gasteiger partial charge in [-0.2, -0.15) is 0 Å². The highest BCUT2D eigenvalue weighted by atomic mass is 16.5. The van der Waals surface area contributed by atoms with Crippen LogP contribution in [0.2, 0.25) is 0 Å². The first-order chi connectivity index (χ1) is 12.3. The molecule has 144 valence electrons. The second-order valence-corrected chi connectivity index (χ2v) is 10.0. The Hall–Kier alpha value is -1.12. The molecule has 0 spiro atoms. The van der Waals surface area contributed by atoms with Gasteiger partial charge >= 0.3 is 5.97 Å². The summed E-state index contributed by atoms with van der Waals surface area (Å²) in [6.07, 6.45) is 11.7. The zero-order valence-corrected chi connectivity index (χ0v) is 16.8. The highest BCUT2D eigenvalue weighted by Gasteiger charge is 2.58. The van der Waals surface area contributed by atoms with Gasteiger partial charge in [0.25, 0.3) is 0 Å². The lowest BCUT2D eigenvalue weighted by molar-refractivity contribution is -0.152. The van der Waals surface area contributed by atoms with Gasteiger partial charge in [0.15, 0.2) is 0 Å². The molecule has 0 aromatic rings. The molecule has 26 heavy (non-hydrogen) atoms. The lowest BCUT2D eigenvalue weighted by Gasteiger charge is -2.57. The van der Waals surface area contributed by atoms with Gasteiger partial charge < -0.3 is 4.74 Å². The van der Waals surface area contributed by atoms with Gasteiger partial charge in [-0.3, -0.25) is 9.59 Å². The molecule has 3 nitrogen and oxygen atoms in total. The van der Waals surface area contributed by atoms with Gasteiger partial charge in [-0.05, 0) is 86.9 Å². The van der Waals surface area contributed by atoms with Gasteiger partial charge in [0.2, 0.25) is 0 Å². The molecule has 0 aromatic carbocycles. The first-order valence-electron chi connectivity index (χ1n) is 10.6. The second kappa shape index (κ2) is 6.21. The number of esters is 1. The van der Waals surface area contributed by atoms with Crippen molar-refractivity contribution in [2.75, 3.05) is 0 Å². The quantitative estimate of drug-likeness (QED) is 0.510. The first kappa shape index (κ1) is 18.3. The Morgan fingerprint density at radius 2 is 1.69 bits per heavy atom. The van der Waals surface area contributed by atoms with Crippen LogP contribution in [-0.2, 0) is 14.3 Å². The van der Waals surface area contributed by atoms with Gasteiger partial charge in [-0.25, -0.2) is 0 Å². The molecule has 4 rings (SSSR count). The molecule has 0 saturated heterocycles. The predicted molar refractivity (Wildman–Crippen MR) is 101 cm³/mol. The number of carbonyl (C=O) groups is 2. The van der Waals surface area contributed by atoms with E-state index in [0.717, 1.165) is 32.1 Å². The Morgan fingerprint density at radius 3 is 2.38 bits per heavy atom. The Balaban J connectivity index is 1.59. The van der Waals surface area contributed by atoms with Crippen LogP contribution in [0, 0.1) is 34.5 Å². The largest absolute Gasteiger partial charge is 0.463 e. The Morgan fingerprint density at radius 1 is 1.00 bits per heavy atom. The van der Waals surface area contributed by atoms with Crippen molar-refractivity contribution in [3.8, 4) is 0 Å². The van der Waals surface area contributed by atoms with Gasteiger partial charge in [-0.15, -0.1) is 0 Å². The summed E-state index contributed by atoms with van der Waals surface area (Å²) < 4.78 is 5.55. The minimum Gasteiger partial charge on any atom is -0.463 e. The molecule has 0 heterocycles. The van der Waals surface area contributed by atoms with Gasteiger partial charge in [0.1, 0.15) is 11.9 Å². The zero-order chi connectivity index (χ0) is 18.7.